The Morgan fingerprint density at radius 2 is 1.00 bits per heavy atom. The van der Waals surface area contributed by atoms with Crippen molar-refractivity contribution in [1.29, 1.82) is 0 Å². The van der Waals surface area contributed by atoms with Crippen LogP contribution in [0, 0.1) is 0 Å². The molecule has 7 heteroatoms. The molecule has 0 aromatic heterocycles. The van der Waals surface area contributed by atoms with Crippen molar-refractivity contribution in [2.45, 2.75) is 174 Å². The Hall–Kier alpha value is -2.22. The zero-order valence-electron chi connectivity index (χ0n) is 30.6. The second kappa shape index (κ2) is 34.6. The molecule has 276 valence electrons. The summed E-state index contributed by atoms with van der Waals surface area (Å²) in [5.41, 5.74) is 0. The summed E-state index contributed by atoms with van der Waals surface area (Å²) in [6.45, 7) is 4.37. The molecule has 2 unspecified atom stereocenters. The summed E-state index contributed by atoms with van der Waals surface area (Å²) in [4.78, 5) is 12.5. The number of amides is 1. The molecule has 6 nitrogen and oxygen atoms in total. The third kappa shape index (κ3) is 35.1. The second-order valence-corrected chi connectivity index (χ2v) is 14.3. The molecule has 0 saturated carbocycles. The lowest BCUT2D eigenvalue weighted by atomic mass is 10.1. The van der Waals surface area contributed by atoms with E-state index in [9.17, 15) is 22.9 Å². The number of unbranched alkanes of at least 4 members (excludes halogenated alkanes) is 15. The van der Waals surface area contributed by atoms with Gasteiger partial charge in [0.2, 0.25) is 5.91 Å². The van der Waals surface area contributed by atoms with Crippen molar-refractivity contribution in [1.82, 2.24) is 5.32 Å². The van der Waals surface area contributed by atoms with E-state index < -0.39 is 28.0 Å². The van der Waals surface area contributed by atoms with Gasteiger partial charge in [-0.2, -0.15) is 8.42 Å². The fraction of sp³-hybridized carbons (Fsp3) is 0.683. The molecule has 0 aliphatic rings. The third-order valence-corrected chi connectivity index (χ3v) is 8.92. The van der Waals surface area contributed by atoms with Gasteiger partial charge in [0.25, 0.3) is 10.1 Å². The van der Waals surface area contributed by atoms with Gasteiger partial charge in [0, 0.05) is 6.42 Å². The summed E-state index contributed by atoms with van der Waals surface area (Å²) >= 11 is 0. The molecule has 0 aromatic rings. The number of carbonyl (C=O) groups excluding carboxylic acids is 1. The van der Waals surface area contributed by atoms with Gasteiger partial charge in [0.15, 0.2) is 0 Å². The Bertz CT molecular complexity index is 1030. The molecular weight excluding hydrogens is 619 g/mol. The average molecular weight is 690 g/mol. The maximum Gasteiger partial charge on any atom is 0.267 e. The minimum absolute atomic E-state index is 0.279. The van der Waals surface area contributed by atoms with Crippen LogP contribution in [0.2, 0.25) is 0 Å². The maximum absolute atomic E-state index is 12.5. The number of carbonyl (C=O) groups is 1. The first-order valence-corrected chi connectivity index (χ1v) is 20.7. The van der Waals surface area contributed by atoms with Gasteiger partial charge in [-0.25, -0.2) is 0 Å². The number of aliphatic hydroxyl groups is 1. The number of rotatable bonds is 33. The van der Waals surface area contributed by atoms with Crippen molar-refractivity contribution in [3.05, 3.63) is 72.9 Å². The SMILES string of the molecule is CC/C=C\C/C=C\C/C=C\C/C=C\C/C=C\CCCCCCCCCC(=O)NC(CS(=O)(=O)O)C(O)/C=C/CCCCCCCCCC. The lowest BCUT2D eigenvalue weighted by Gasteiger charge is -2.21. The fourth-order valence-corrected chi connectivity index (χ4v) is 6.03. The van der Waals surface area contributed by atoms with Crippen LogP contribution in [0.5, 0.6) is 0 Å². The van der Waals surface area contributed by atoms with E-state index in [0.717, 1.165) is 83.5 Å². The molecule has 0 bridgehead atoms. The predicted molar refractivity (Wildman–Crippen MR) is 207 cm³/mol. The summed E-state index contributed by atoms with van der Waals surface area (Å²) in [5, 5.41) is 13.1. The van der Waals surface area contributed by atoms with E-state index >= 15 is 0 Å². The van der Waals surface area contributed by atoms with Crippen molar-refractivity contribution >= 4 is 16.0 Å². The van der Waals surface area contributed by atoms with Crippen LogP contribution in [0.3, 0.4) is 0 Å². The van der Waals surface area contributed by atoms with Crippen LogP contribution in [0.15, 0.2) is 72.9 Å². The molecule has 0 heterocycles. The summed E-state index contributed by atoms with van der Waals surface area (Å²) in [7, 11) is -4.34. The van der Waals surface area contributed by atoms with Crippen LogP contribution in [0.1, 0.15) is 162 Å². The average Bonchev–Trinajstić information content (AvgIpc) is 3.05. The largest absolute Gasteiger partial charge is 0.387 e. The minimum atomic E-state index is -4.34. The molecule has 2 atom stereocenters. The smallest absolute Gasteiger partial charge is 0.267 e. The highest BCUT2D eigenvalue weighted by atomic mass is 32.2. The molecule has 0 saturated heterocycles. The van der Waals surface area contributed by atoms with Gasteiger partial charge in [0.1, 0.15) is 0 Å². The Morgan fingerprint density at radius 1 is 0.583 bits per heavy atom. The molecule has 0 aliphatic heterocycles. The van der Waals surface area contributed by atoms with E-state index in [1.807, 2.05) is 6.08 Å². The highest BCUT2D eigenvalue weighted by Crippen LogP contribution is 2.12. The third-order valence-electron chi connectivity index (χ3n) is 8.14. The molecule has 0 fully saturated rings. The van der Waals surface area contributed by atoms with Gasteiger partial charge in [-0.3, -0.25) is 9.35 Å². The van der Waals surface area contributed by atoms with Gasteiger partial charge in [-0.15, -0.1) is 0 Å². The maximum atomic E-state index is 12.5. The normalized spacial score (nSPS) is 14.2. The Kier molecular flexibility index (Phi) is 33.0. The standard InChI is InChI=1S/C41H71NO5S/c1-3-5-7-9-11-13-15-16-17-18-19-20-21-22-23-24-25-26-27-29-31-33-35-37-41(44)42-39(38-48(45,46)47)40(43)36-34-32-30-28-14-12-10-8-6-4-2/h5,7,11,13,16-17,19-20,22-23,34,36,39-40,43H,3-4,6,8-10,12,14-15,18,21,24-33,35,37-38H2,1-2H3,(H,42,44)(H,45,46,47)/b7-5-,13-11-,17-16-,20-19-,23-22-,36-34+. The van der Waals surface area contributed by atoms with Crippen LogP contribution in [-0.2, 0) is 14.9 Å². The van der Waals surface area contributed by atoms with Crippen molar-refractivity contribution in [2.75, 3.05) is 5.75 Å². The van der Waals surface area contributed by atoms with Crippen molar-refractivity contribution in [3.63, 3.8) is 0 Å². The van der Waals surface area contributed by atoms with Crippen LogP contribution < -0.4 is 5.32 Å². The number of nitrogens with one attached hydrogen (secondary N) is 1. The van der Waals surface area contributed by atoms with Crippen LogP contribution in [0.25, 0.3) is 0 Å². The first-order chi connectivity index (χ1) is 23.3. The molecule has 0 aliphatic carbocycles. The first kappa shape index (κ1) is 45.8. The van der Waals surface area contributed by atoms with Crippen molar-refractivity contribution in [2.24, 2.45) is 0 Å². The summed E-state index contributed by atoms with van der Waals surface area (Å²) in [6.07, 6.45) is 48.9. The molecule has 0 aromatic carbocycles. The zero-order valence-corrected chi connectivity index (χ0v) is 31.4. The van der Waals surface area contributed by atoms with E-state index in [2.05, 4.69) is 79.9 Å². The summed E-state index contributed by atoms with van der Waals surface area (Å²) in [5.74, 6) is -1.00. The molecule has 0 spiro atoms. The lowest BCUT2D eigenvalue weighted by molar-refractivity contribution is -0.122. The molecule has 0 rings (SSSR count). The Labute approximate surface area is 295 Å². The van der Waals surface area contributed by atoms with Crippen LogP contribution in [-0.4, -0.2) is 41.9 Å². The summed E-state index contributed by atoms with van der Waals surface area (Å²) in [6, 6.07) is -1.06. The Morgan fingerprint density at radius 3 is 1.48 bits per heavy atom. The Balaban J connectivity index is 3.94. The predicted octanol–water partition coefficient (Wildman–Crippen LogP) is 11.1. The minimum Gasteiger partial charge on any atom is -0.387 e. The van der Waals surface area contributed by atoms with Gasteiger partial charge in [0.05, 0.1) is 17.9 Å². The van der Waals surface area contributed by atoms with Crippen LogP contribution in [0.4, 0.5) is 0 Å². The zero-order chi connectivity index (χ0) is 35.4. The molecule has 0 radical (unpaired) electrons. The van der Waals surface area contributed by atoms with Gasteiger partial charge in [-0.1, -0.05) is 164 Å². The quantitative estimate of drug-likeness (QED) is 0.0361. The number of allylic oxidation sites excluding steroid dienone is 11. The highest BCUT2D eigenvalue weighted by Gasteiger charge is 2.24. The number of hydrogen-bond donors (Lipinski definition) is 3. The van der Waals surface area contributed by atoms with Crippen molar-refractivity contribution in [3.8, 4) is 0 Å². The fourth-order valence-electron chi connectivity index (χ4n) is 5.30. The number of aliphatic hydroxyl groups excluding tert-OH is 1. The lowest BCUT2D eigenvalue weighted by Crippen LogP contribution is -2.46. The molecule has 3 N–H and O–H groups in total. The van der Waals surface area contributed by atoms with E-state index in [1.165, 1.54) is 57.8 Å². The van der Waals surface area contributed by atoms with E-state index in [0.29, 0.717) is 0 Å². The summed E-state index contributed by atoms with van der Waals surface area (Å²) < 4.78 is 32.3. The van der Waals surface area contributed by atoms with Gasteiger partial charge in [-0.05, 0) is 64.2 Å². The molecule has 1 amide bonds. The van der Waals surface area contributed by atoms with Crippen molar-refractivity contribution < 1.29 is 22.9 Å². The monoisotopic (exact) mass is 690 g/mol. The highest BCUT2D eigenvalue weighted by molar-refractivity contribution is 7.85. The van der Waals surface area contributed by atoms with E-state index in [1.54, 1.807) is 6.08 Å². The molecular formula is C41H71NO5S. The second-order valence-electron chi connectivity index (χ2n) is 12.8. The number of hydrogen-bond acceptors (Lipinski definition) is 4. The van der Waals surface area contributed by atoms with E-state index in [-0.39, 0.29) is 12.3 Å². The van der Waals surface area contributed by atoms with E-state index in [4.69, 9.17) is 0 Å². The van der Waals surface area contributed by atoms with Gasteiger partial charge >= 0.3 is 0 Å². The van der Waals surface area contributed by atoms with Gasteiger partial charge < -0.3 is 10.4 Å². The van der Waals surface area contributed by atoms with Crippen LogP contribution >= 0.6 is 0 Å². The topological polar surface area (TPSA) is 104 Å². The molecule has 48 heavy (non-hydrogen) atoms. The first-order valence-electron chi connectivity index (χ1n) is 19.1.